The topological polar surface area (TPSA) is 46.2 Å². The van der Waals surface area contributed by atoms with Crippen LogP contribution in [0.25, 0.3) is 0 Å². The van der Waals surface area contributed by atoms with Gasteiger partial charge in [-0.05, 0) is 25.5 Å². The standard InChI is InChI=1S/C10H13Cl2NO/c11-8-4-1-3-7(10(8)12)9(14)5-2-6-13/h1,3-4,9,14H,2,5-6,13H2. The van der Waals surface area contributed by atoms with Gasteiger partial charge >= 0.3 is 0 Å². The quantitative estimate of drug-likeness (QED) is 0.841. The van der Waals surface area contributed by atoms with Gasteiger partial charge in [0.25, 0.3) is 0 Å². The minimum Gasteiger partial charge on any atom is -0.388 e. The van der Waals surface area contributed by atoms with Crippen LogP contribution < -0.4 is 5.73 Å². The smallest absolute Gasteiger partial charge is 0.0805 e. The zero-order valence-corrected chi connectivity index (χ0v) is 9.22. The Morgan fingerprint density at radius 1 is 1.36 bits per heavy atom. The van der Waals surface area contributed by atoms with Gasteiger partial charge in [0.15, 0.2) is 0 Å². The summed E-state index contributed by atoms with van der Waals surface area (Å²) in [6, 6.07) is 5.24. The van der Waals surface area contributed by atoms with Crippen molar-refractivity contribution in [1.29, 1.82) is 0 Å². The molecular formula is C10H13Cl2NO. The largest absolute Gasteiger partial charge is 0.388 e. The highest BCUT2D eigenvalue weighted by atomic mass is 35.5. The van der Waals surface area contributed by atoms with Crippen molar-refractivity contribution >= 4 is 23.2 Å². The van der Waals surface area contributed by atoms with E-state index >= 15 is 0 Å². The van der Waals surface area contributed by atoms with Gasteiger partial charge in [0.2, 0.25) is 0 Å². The van der Waals surface area contributed by atoms with Crippen LogP contribution in [-0.2, 0) is 0 Å². The van der Waals surface area contributed by atoms with E-state index in [-0.39, 0.29) is 0 Å². The summed E-state index contributed by atoms with van der Waals surface area (Å²) in [4.78, 5) is 0. The molecule has 0 fully saturated rings. The van der Waals surface area contributed by atoms with Crippen LogP contribution in [0.5, 0.6) is 0 Å². The van der Waals surface area contributed by atoms with Crippen molar-refractivity contribution in [2.24, 2.45) is 5.73 Å². The van der Waals surface area contributed by atoms with Gasteiger partial charge in [0, 0.05) is 5.56 Å². The number of aliphatic hydroxyl groups excluding tert-OH is 1. The van der Waals surface area contributed by atoms with Gasteiger partial charge in [-0.25, -0.2) is 0 Å². The van der Waals surface area contributed by atoms with Crippen molar-refractivity contribution in [3.63, 3.8) is 0 Å². The second-order valence-corrected chi connectivity index (χ2v) is 3.87. The van der Waals surface area contributed by atoms with Gasteiger partial charge < -0.3 is 10.8 Å². The zero-order chi connectivity index (χ0) is 10.6. The number of nitrogens with two attached hydrogens (primary N) is 1. The lowest BCUT2D eigenvalue weighted by atomic mass is 10.1. The lowest BCUT2D eigenvalue weighted by molar-refractivity contribution is 0.165. The number of rotatable bonds is 4. The van der Waals surface area contributed by atoms with E-state index in [0.717, 1.165) is 6.42 Å². The minimum absolute atomic E-state index is 0.429. The highest BCUT2D eigenvalue weighted by Gasteiger charge is 2.12. The number of hydrogen-bond acceptors (Lipinski definition) is 2. The summed E-state index contributed by atoms with van der Waals surface area (Å²) in [6.45, 7) is 0.565. The van der Waals surface area contributed by atoms with E-state index in [0.29, 0.717) is 28.6 Å². The summed E-state index contributed by atoms with van der Waals surface area (Å²) >= 11 is 11.8. The van der Waals surface area contributed by atoms with E-state index in [1.807, 2.05) is 0 Å². The van der Waals surface area contributed by atoms with Crippen molar-refractivity contribution in [3.05, 3.63) is 33.8 Å². The molecule has 0 radical (unpaired) electrons. The van der Waals surface area contributed by atoms with Crippen LogP contribution in [0.3, 0.4) is 0 Å². The Bertz CT molecular complexity index is 304. The Kier molecular flexibility index (Phi) is 4.69. The summed E-state index contributed by atoms with van der Waals surface area (Å²) in [5.74, 6) is 0. The molecule has 14 heavy (non-hydrogen) atoms. The van der Waals surface area contributed by atoms with Crippen LogP contribution in [0.1, 0.15) is 24.5 Å². The SMILES string of the molecule is NCCCC(O)c1cccc(Cl)c1Cl. The third kappa shape index (κ3) is 2.85. The molecule has 0 aromatic heterocycles. The van der Waals surface area contributed by atoms with Crippen LogP contribution in [0.4, 0.5) is 0 Å². The average molecular weight is 234 g/mol. The predicted octanol–water partition coefficient (Wildman–Crippen LogP) is 2.77. The Morgan fingerprint density at radius 3 is 2.71 bits per heavy atom. The van der Waals surface area contributed by atoms with Crippen molar-refractivity contribution in [1.82, 2.24) is 0 Å². The molecule has 0 bridgehead atoms. The maximum atomic E-state index is 9.76. The second kappa shape index (κ2) is 5.56. The number of benzene rings is 1. The van der Waals surface area contributed by atoms with Crippen LogP contribution in [0, 0.1) is 0 Å². The average Bonchev–Trinajstić information content (AvgIpc) is 2.18. The molecule has 0 aliphatic heterocycles. The fraction of sp³-hybridized carbons (Fsp3) is 0.400. The molecule has 0 saturated heterocycles. The number of halogens is 2. The van der Waals surface area contributed by atoms with Crippen molar-refractivity contribution < 1.29 is 5.11 Å². The van der Waals surface area contributed by atoms with Crippen molar-refractivity contribution in [2.45, 2.75) is 18.9 Å². The molecule has 4 heteroatoms. The van der Waals surface area contributed by atoms with Crippen LogP contribution >= 0.6 is 23.2 Å². The molecule has 2 nitrogen and oxygen atoms in total. The highest BCUT2D eigenvalue weighted by molar-refractivity contribution is 6.42. The maximum absolute atomic E-state index is 9.76. The Morgan fingerprint density at radius 2 is 2.07 bits per heavy atom. The molecule has 0 aliphatic carbocycles. The van der Waals surface area contributed by atoms with Gasteiger partial charge in [-0.15, -0.1) is 0 Å². The molecular weight excluding hydrogens is 221 g/mol. The Balaban J connectivity index is 2.79. The summed E-state index contributed by atoms with van der Waals surface area (Å²) in [5.41, 5.74) is 6.03. The van der Waals surface area contributed by atoms with E-state index in [1.165, 1.54) is 0 Å². The summed E-state index contributed by atoms with van der Waals surface area (Å²) in [5, 5.41) is 10.7. The van der Waals surface area contributed by atoms with Crippen molar-refractivity contribution in [3.8, 4) is 0 Å². The van der Waals surface area contributed by atoms with Gasteiger partial charge in [-0.3, -0.25) is 0 Å². The molecule has 1 rings (SSSR count). The zero-order valence-electron chi connectivity index (χ0n) is 7.71. The van der Waals surface area contributed by atoms with E-state index in [9.17, 15) is 5.11 Å². The molecule has 1 unspecified atom stereocenters. The summed E-state index contributed by atoms with van der Waals surface area (Å²) in [7, 11) is 0. The molecule has 0 aliphatic rings. The first-order chi connectivity index (χ1) is 6.66. The Labute approximate surface area is 93.6 Å². The van der Waals surface area contributed by atoms with E-state index in [1.54, 1.807) is 18.2 Å². The first kappa shape index (κ1) is 11.8. The van der Waals surface area contributed by atoms with Gasteiger partial charge in [0.05, 0.1) is 16.1 Å². The van der Waals surface area contributed by atoms with E-state index < -0.39 is 6.10 Å². The molecule has 0 saturated carbocycles. The fourth-order valence-electron chi connectivity index (χ4n) is 1.24. The first-order valence-electron chi connectivity index (χ1n) is 4.49. The molecule has 78 valence electrons. The van der Waals surface area contributed by atoms with Crippen LogP contribution in [0.15, 0.2) is 18.2 Å². The van der Waals surface area contributed by atoms with Crippen LogP contribution in [-0.4, -0.2) is 11.7 Å². The fourth-order valence-corrected chi connectivity index (χ4v) is 1.68. The lowest BCUT2D eigenvalue weighted by Gasteiger charge is -2.12. The maximum Gasteiger partial charge on any atom is 0.0805 e. The second-order valence-electron chi connectivity index (χ2n) is 3.09. The minimum atomic E-state index is -0.579. The molecule has 1 atom stereocenters. The molecule has 0 heterocycles. The summed E-state index contributed by atoms with van der Waals surface area (Å²) in [6.07, 6.45) is 0.797. The van der Waals surface area contributed by atoms with Gasteiger partial charge in [0.1, 0.15) is 0 Å². The Hall–Kier alpha value is -0.280. The molecule has 0 amide bonds. The molecule has 1 aromatic carbocycles. The van der Waals surface area contributed by atoms with Gasteiger partial charge in [-0.1, -0.05) is 35.3 Å². The summed E-state index contributed by atoms with van der Waals surface area (Å²) < 4.78 is 0. The highest BCUT2D eigenvalue weighted by Crippen LogP contribution is 2.31. The third-order valence-corrected chi connectivity index (χ3v) is 2.86. The molecule has 0 spiro atoms. The first-order valence-corrected chi connectivity index (χ1v) is 5.24. The van der Waals surface area contributed by atoms with Crippen molar-refractivity contribution in [2.75, 3.05) is 6.54 Å². The van der Waals surface area contributed by atoms with Gasteiger partial charge in [-0.2, -0.15) is 0 Å². The molecule has 1 aromatic rings. The molecule has 3 N–H and O–H groups in total. The van der Waals surface area contributed by atoms with E-state index in [2.05, 4.69) is 0 Å². The monoisotopic (exact) mass is 233 g/mol. The third-order valence-electron chi connectivity index (χ3n) is 2.02. The van der Waals surface area contributed by atoms with E-state index in [4.69, 9.17) is 28.9 Å². The number of hydrogen-bond donors (Lipinski definition) is 2. The predicted molar refractivity (Wildman–Crippen MR) is 59.7 cm³/mol. The normalized spacial score (nSPS) is 12.9. The van der Waals surface area contributed by atoms with Crippen LogP contribution in [0.2, 0.25) is 10.0 Å². The number of aliphatic hydroxyl groups is 1. The lowest BCUT2D eigenvalue weighted by Crippen LogP contribution is -2.04.